The topological polar surface area (TPSA) is 12.0 Å². The van der Waals surface area contributed by atoms with E-state index >= 15 is 0 Å². The van der Waals surface area contributed by atoms with Crippen LogP contribution in [0.3, 0.4) is 0 Å². The largest absolute Gasteiger partial charge is 0.313 e. The van der Waals surface area contributed by atoms with E-state index in [1.165, 1.54) is 51.5 Å². The molecule has 0 aromatic rings. The van der Waals surface area contributed by atoms with E-state index in [9.17, 15) is 0 Å². The predicted molar refractivity (Wildman–Crippen MR) is 70.5 cm³/mol. The molecule has 0 aromatic heterocycles. The lowest BCUT2D eigenvalue weighted by Crippen LogP contribution is -2.45. The third kappa shape index (κ3) is 3.00. The Bertz CT molecular complexity index is 221. The molecule has 16 heavy (non-hydrogen) atoms. The number of hydrogen-bond donors (Lipinski definition) is 1. The van der Waals surface area contributed by atoms with Crippen LogP contribution in [0.4, 0.5) is 0 Å². The summed E-state index contributed by atoms with van der Waals surface area (Å²) >= 11 is 0. The van der Waals surface area contributed by atoms with Crippen molar-refractivity contribution in [1.82, 2.24) is 5.32 Å². The Kier molecular flexibility index (Phi) is 3.94. The highest BCUT2D eigenvalue weighted by Crippen LogP contribution is 2.36. The Labute approximate surface area is 101 Å². The van der Waals surface area contributed by atoms with Crippen LogP contribution in [0.1, 0.15) is 65.7 Å². The van der Waals surface area contributed by atoms with Gasteiger partial charge in [0.2, 0.25) is 0 Å². The molecule has 3 unspecified atom stereocenters. The van der Waals surface area contributed by atoms with E-state index < -0.39 is 0 Å². The fourth-order valence-electron chi connectivity index (χ4n) is 3.69. The van der Waals surface area contributed by atoms with Crippen molar-refractivity contribution >= 4 is 0 Å². The van der Waals surface area contributed by atoms with E-state index in [0.29, 0.717) is 5.41 Å². The average molecular weight is 223 g/mol. The zero-order valence-electron chi connectivity index (χ0n) is 11.4. The molecule has 2 aliphatic rings. The van der Waals surface area contributed by atoms with Crippen LogP contribution in [0.25, 0.3) is 0 Å². The molecule has 0 radical (unpaired) electrons. The first-order valence-corrected chi connectivity index (χ1v) is 7.31. The van der Waals surface area contributed by atoms with Crippen LogP contribution in [-0.4, -0.2) is 12.6 Å². The van der Waals surface area contributed by atoms with Crippen molar-refractivity contribution < 1.29 is 0 Å². The predicted octanol–water partition coefficient (Wildman–Crippen LogP) is 3.98. The molecule has 0 heterocycles. The van der Waals surface area contributed by atoms with Gasteiger partial charge in [-0.25, -0.2) is 0 Å². The summed E-state index contributed by atoms with van der Waals surface area (Å²) in [6.07, 6.45) is 10.1. The minimum atomic E-state index is 0.530. The van der Waals surface area contributed by atoms with Crippen LogP contribution < -0.4 is 5.32 Å². The Hall–Kier alpha value is -0.0400. The quantitative estimate of drug-likeness (QED) is 0.763. The fraction of sp³-hybridized carbons (Fsp3) is 1.00. The van der Waals surface area contributed by atoms with E-state index in [1.807, 2.05) is 0 Å². The molecule has 0 aliphatic heterocycles. The van der Waals surface area contributed by atoms with E-state index in [0.717, 1.165) is 17.9 Å². The van der Waals surface area contributed by atoms with Gasteiger partial charge in [0, 0.05) is 6.04 Å². The summed E-state index contributed by atoms with van der Waals surface area (Å²) in [5, 5.41) is 3.87. The SMILES string of the molecule is CC1CCC(CNC2CCCCC2(C)C)C1. The molecule has 2 saturated carbocycles. The Morgan fingerprint density at radius 1 is 1.12 bits per heavy atom. The lowest BCUT2D eigenvalue weighted by atomic mass is 9.73. The summed E-state index contributed by atoms with van der Waals surface area (Å²) in [4.78, 5) is 0. The van der Waals surface area contributed by atoms with Gasteiger partial charge < -0.3 is 5.32 Å². The highest BCUT2D eigenvalue weighted by Gasteiger charge is 2.32. The molecule has 0 bridgehead atoms. The van der Waals surface area contributed by atoms with Crippen molar-refractivity contribution in [3.05, 3.63) is 0 Å². The third-order valence-corrected chi connectivity index (χ3v) is 4.96. The summed E-state index contributed by atoms with van der Waals surface area (Å²) in [5.74, 6) is 1.94. The first kappa shape index (κ1) is 12.4. The molecule has 1 N–H and O–H groups in total. The monoisotopic (exact) mass is 223 g/mol. The smallest absolute Gasteiger partial charge is 0.0118 e. The molecule has 0 amide bonds. The zero-order chi connectivity index (χ0) is 11.6. The Balaban J connectivity index is 1.76. The zero-order valence-corrected chi connectivity index (χ0v) is 11.4. The second-order valence-electron chi connectivity index (χ2n) is 6.98. The van der Waals surface area contributed by atoms with Gasteiger partial charge in [0.1, 0.15) is 0 Å². The van der Waals surface area contributed by atoms with Gasteiger partial charge in [0.15, 0.2) is 0 Å². The molecule has 3 atom stereocenters. The maximum Gasteiger partial charge on any atom is 0.0118 e. The third-order valence-electron chi connectivity index (χ3n) is 4.96. The lowest BCUT2D eigenvalue weighted by molar-refractivity contribution is 0.162. The molecule has 2 rings (SSSR count). The highest BCUT2D eigenvalue weighted by molar-refractivity contribution is 4.88. The van der Waals surface area contributed by atoms with Crippen LogP contribution in [-0.2, 0) is 0 Å². The Morgan fingerprint density at radius 2 is 1.94 bits per heavy atom. The lowest BCUT2D eigenvalue weighted by Gasteiger charge is -2.39. The summed E-state index contributed by atoms with van der Waals surface area (Å²) in [7, 11) is 0. The van der Waals surface area contributed by atoms with Crippen LogP contribution in [0, 0.1) is 17.3 Å². The fourth-order valence-corrected chi connectivity index (χ4v) is 3.69. The first-order valence-electron chi connectivity index (χ1n) is 7.31. The van der Waals surface area contributed by atoms with Crippen molar-refractivity contribution in [2.45, 2.75) is 71.8 Å². The second kappa shape index (κ2) is 5.08. The van der Waals surface area contributed by atoms with Crippen molar-refractivity contribution in [3.63, 3.8) is 0 Å². The Morgan fingerprint density at radius 3 is 2.56 bits per heavy atom. The number of nitrogens with one attached hydrogen (secondary N) is 1. The molecule has 2 aliphatic carbocycles. The average Bonchev–Trinajstić information content (AvgIpc) is 2.62. The van der Waals surface area contributed by atoms with E-state index in [1.54, 1.807) is 0 Å². The maximum absolute atomic E-state index is 3.87. The summed E-state index contributed by atoms with van der Waals surface area (Å²) in [6.45, 7) is 8.57. The van der Waals surface area contributed by atoms with Gasteiger partial charge in [0.05, 0.1) is 0 Å². The van der Waals surface area contributed by atoms with Gasteiger partial charge in [-0.05, 0) is 49.5 Å². The second-order valence-corrected chi connectivity index (χ2v) is 6.98. The molecule has 2 fully saturated rings. The van der Waals surface area contributed by atoms with Crippen LogP contribution in [0.5, 0.6) is 0 Å². The molecule has 1 heteroatoms. The number of hydrogen-bond acceptors (Lipinski definition) is 1. The van der Waals surface area contributed by atoms with E-state index in [-0.39, 0.29) is 0 Å². The molecular weight excluding hydrogens is 194 g/mol. The first-order chi connectivity index (χ1) is 7.58. The van der Waals surface area contributed by atoms with Gasteiger partial charge in [0.25, 0.3) is 0 Å². The van der Waals surface area contributed by atoms with Gasteiger partial charge >= 0.3 is 0 Å². The van der Waals surface area contributed by atoms with Gasteiger partial charge in [-0.3, -0.25) is 0 Å². The molecule has 0 saturated heterocycles. The maximum atomic E-state index is 3.87. The molecule has 0 spiro atoms. The minimum Gasteiger partial charge on any atom is -0.313 e. The standard InChI is InChI=1S/C15H29N/c1-12-7-8-13(10-12)11-16-14-6-4-5-9-15(14,2)3/h12-14,16H,4-11H2,1-3H3. The van der Waals surface area contributed by atoms with Crippen molar-refractivity contribution in [1.29, 1.82) is 0 Å². The summed E-state index contributed by atoms with van der Waals surface area (Å²) in [6, 6.07) is 0.775. The molecule has 94 valence electrons. The summed E-state index contributed by atoms with van der Waals surface area (Å²) < 4.78 is 0. The number of rotatable bonds is 3. The van der Waals surface area contributed by atoms with E-state index in [4.69, 9.17) is 0 Å². The van der Waals surface area contributed by atoms with Gasteiger partial charge in [-0.15, -0.1) is 0 Å². The minimum absolute atomic E-state index is 0.530. The van der Waals surface area contributed by atoms with Crippen LogP contribution in [0.2, 0.25) is 0 Å². The van der Waals surface area contributed by atoms with Gasteiger partial charge in [-0.1, -0.05) is 40.0 Å². The van der Waals surface area contributed by atoms with Crippen LogP contribution >= 0.6 is 0 Å². The summed E-state index contributed by atoms with van der Waals surface area (Å²) in [5.41, 5.74) is 0.530. The van der Waals surface area contributed by atoms with Crippen molar-refractivity contribution in [2.24, 2.45) is 17.3 Å². The van der Waals surface area contributed by atoms with Crippen molar-refractivity contribution in [3.8, 4) is 0 Å². The van der Waals surface area contributed by atoms with Gasteiger partial charge in [-0.2, -0.15) is 0 Å². The molecule has 1 nitrogen and oxygen atoms in total. The molecule has 0 aromatic carbocycles. The normalized spacial score (nSPS) is 38.8. The molecular formula is C15H29N. The highest BCUT2D eigenvalue weighted by atomic mass is 14.9. The van der Waals surface area contributed by atoms with E-state index in [2.05, 4.69) is 26.1 Å². The van der Waals surface area contributed by atoms with Crippen LogP contribution in [0.15, 0.2) is 0 Å². The van der Waals surface area contributed by atoms with Crippen molar-refractivity contribution in [2.75, 3.05) is 6.54 Å².